The first-order valence-corrected chi connectivity index (χ1v) is 9.64. The molecule has 2 aromatic carbocycles. The van der Waals surface area contributed by atoms with Gasteiger partial charge in [0.05, 0.1) is 11.3 Å². The Hall–Kier alpha value is -1.78. The summed E-state index contributed by atoms with van der Waals surface area (Å²) in [6, 6.07) is 18.9. The molecule has 3 nitrogen and oxygen atoms in total. The smallest absolute Gasteiger partial charge is 0.233 e. The second-order valence-corrected chi connectivity index (χ2v) is 7.81. The van der Waals surface area contributed by atoms with Gasteiger partial charge in [-0.2, -0.15) is 0 Å². The molecule has 0 saturated carbocycles. The maximum atomic E-state index is 12.5. The zero-order valence-corrected chi connectivity index (χ0v) is 16.3. The van der Waals surface area contributed by atoms with Crippen LogP contribution in [-0.2, 0) is 11.2 Å². The van der Waals surface area contributed by atoms with E-state index in [0.29, 0.717) is 6.54 Å². The van der Waals surface area contributed by atoms with Crippen LogP contribution in [0.4, 0.5) is 0 Å². The number of carbonyl (C=O) groups is 1. The van der Waals surface area contributed by atoms with Crippen LogP contribution in [0.25, 0.3) is 0 Å². The van der Waals surface area contributed by atoms with Gasteiger partial charge in [-0.05, 0) is 50.7 Å². The van der Waals surface area contributed by atoms with Crippen molar-refractivity contribution in [2.24, 2.45) is 0 Å². The molecule has 1 amide bonds. The van der Waals surface area contributed by atoms with E-state index in [1.165, 1.54) is 11.1 Å². The van der Waals surface area contributed by atoms with Crippen molar-refractivity contribution in [2.75, 3.05) is 20.6 Å². The van der Waals surface area contributed by atoms with Crippen LogP contribution >= 0.6 is 11.8 Å². The standard InChI is InChI=1S/C21H28N2OS/c1-5-17-11-13-18(14-12-17)20(23(3)4)15-22-21(24)16(2)25-19-9-7-6-8-10-19/h6-14,16,20H,5,15H2,1-4H3,(H,22,24). The summed E-state index contributed by atoms with van der Waals surface area (Å²) in [5.41, 5.74) is 2.56. The Labute approximate surface area is 155 Å². The van der Waals surface area contributed by atoms with Gasteiger partial charge in [-0.15, -0.1) is 11.8 Å². The molecule has 0 aliphatic rings. The second-order valence-electron chi connectivity index (χ2n) is 6.39. The lowest BCUT2D eigenvalue weighted by Gasteiger charge is -2.26. The maximum absolute atomic E-state index is 12.5. The van der Waals surface area contributed by atoms with Crippen molar-refractivity contribution in [3.05, 3.63) is 65.7 Å². The molecule has 25 heavy (non-hydrogen) atoms. The Balaban J connectivity index is 1.94. The van der Waals surface area contributed by atoms with E-state index in [9.17, 15) is 4.79 Å². The number of likely N-dealkylation sites (N-methyl/N-ethyl adjacent to an activating group) is 1. The van der Waals surface area contributed by atoms with Crippen LogP contribution in [-0.4, -0.2) is 36.7 Å². The van der Waals surface area contributed by atoms with E-state index in [2.05, 4.69) is 41.4 Å². The summed E-state index contributed by atoms with van der Waals surface area (Å²) < 4.78 is 0. The number of nitrogens with one attached hydrogen (secondary N) is 1. The summed E-state index contributed by atoms with van der Waals surface area (Å²) in [5.74, 6) is 0.0749. The Morgan fingerprint density at radius 1 is 1.08 bits per heavy atom. The number of hydrogen-bond acceptors (Lipinski definition) is 3. The van der Waals surface area contributed by atoms with Crippen LogP contribution in [0.2, 0.25) is 0 Å². The molecular formula is C21H28N2OS. The van der Waals surface area contributed by atoms with Gasteiger partial charge in [0.1, 0.15) is 0 Å². The third kappa shape index (κ3) is 5.91. The highest BCUT2D eigenvalue weighted by molar-refractivity contribution is 8.00. The van der Waals surface area contributed by atoms with Crippen LogP contribution < -0.4 is 5.32 Å². The Bertz CT molecular complexity index is 655. The number of aryl methyl sites for hydroxylation is 1. The van der Waals surface area contributed by atoms with Gasteiger partial charge in [-0.3, -0.25) is 4.79 Å². The molecule has 0 radical (unpaired) electrons. The van der Waals surface area contributed by atoms with Crippen molar-refractivity contribution in [1.29, 1.82) is 0 Å². The average Bonchev–Trinajstić information content (AvgIpc) is 2.62. The minimum atomic E-state index is -0.118. The van der Waals surface area contributed by atoms with Gasteiger partial charge in [0, 0.05) is 11.4 Å². The lowest BCUT2D eigenvalue weighted by molar-refractivity contribution is -0.120. The molecule has 0 fully saturated rings. The van der Waals surface area contributed by atoms with Gasteiger partial charge in [0.25, 0.3) is 0 Å². The van der Waals surface area contributed by atoms with E-state index in [1.54, 1.807) is 11.8 Å². The van der Waals surface area contributed by atoms with E-state index in [0.717, 1.165) is 11.3 Å². The SMILES string of the molecule is CCc1ccc(C(CNC(=O)C(C)Sc2ccccc2)N(C)C)cc1. The number of nitrogens with zero attached hydrogens (tertiary/aromatic N) is 1. The number of hydrogen-bond donors (Lipinski definition) is 1. The van der Waals surface area contributed by atoms with E-state index in [1.807, 2.05) is 51.4 Å². The topological polar surface area (TPSA) is 32.3 Å². The molecule has 0 aliphatic heterocycles. The fourth-order valence-electron chi connectivity index (χ4n) is 2.67. The van der Waals surface area contributed by atoms with Gasteiger partial charge in [-0.25, -0.2) is 0 Å². The molecule has 2 unspecified atom stereocenters. The van der Waals surface area contributed by atoms with E-state index < -0.39 is 0 Å². The van der Waals surface area contributed by atoms with E-state index in [-0.39, 0.29) is 17.2 Å². The third-order valence-corrected chi connectivity index (χ3v) is 5.40. The van der Waals surface area contributed by atoms with Gasteiger partial charge in [0.2, 0.25) is 5.91 Å². The maximum Gasteiger partial charge on any atom is 0.233 e. The molecule has 4 heteroatoms. The highest BCUT2D eigenvalue weighted by Crippen LogP contribution is 2.23. The van der Waals surface area contributed by atoms with Crippen molar-refractivity contribution < 1.29 is 4.79 Å². The number of rotatable bonds is 8. The first-order valence-electron chi connectivity index (χ1n) is 8.76. The van der Waals surface area contributed by atoms with Crippen molar-refractivity contribution in [3.63, 3.8) is 0 Å². The summed E-state index contributed by atoms with van der Waals surface area (Å²) >= 11 is 1.59. The van der Waals surface area contributed by atoms with Gasteiger partial charge in [-0.1, -0.05) is 49.4 Å². The Morgan fingerprint density at radius 2 is 1.72 bits per heavy atom. The number of carbonyl (C=O) groups excluding carboxylic acids is 1. The molecule has 0 aromatic heterocycles. The summed E-state index contributed by atoms with van der Waals surface area (Å²) in [6.45, 7) is 4.72. The van der Waals surface area contributed by atoms with Crippen molar-refractivity contribution in [1.82, 2.24) is 10.2 Å². The fraction of sp³-hybridized carbons (Fsp3) is 0.381. The summed E-state index contributed by atoms with van der Waals surface area (Å²) in [4.78, 5) is 15.7. The van der Waals surface area contributed by atoms with Crippen LogP contribution in [0.5, 0.6) is 0 Å². The van der Waals surface area contributed by atoms with Gasteiger partial charge >= 0.3 is 0 Å². The van der Waals surface area contributed by atoms with Crippen LogP contribution in [0, 0.1) is 0 Å². The molecule has 0 heterocycles. The molecule has 2 rings (SSSR count). The van der Waals surface area contributed by atoms with Crippen LogP contribution in [0.3, 0.4) is 0 Å². The molecule has 1 N–H and O–H groups in total. The normalized spacial score (nSPS) is 13.5. The van der Waals surface area contributed by atoms with Crippen molar-refractivity contribution >= 4 is 17.7 Å². The summed E-state index contributed by atoms with van der Waals surface area (Å²) in [6.07, 6.45) is 1.04. The van der Waals surface area contributed by atoms with Crippen LogP contribution in [0.15, 0.2) is 59.5 Å². The molecule has 2 atom stereocenters. The first kappa shape index (κ1) is 19.5. The van der Waals surface area contributed by atoms with E-state index >= 15 is 0 Å². The fourth-order valence-corrected chi connectivity index (χ4v) is 3.58. The predicted octanol–water partition coefficient (Wildman–Crippen LogP) is 4.15. The van der Waals surface area contributed by atoms with Crippen LogP contribution in [0.1, 0.15) is 31.0 Å². The second kappa shape index (κ2) is 9.64. The minimum absolute atomic E-state index is 0.0749. The number of thioether (sulfide) groups is 1. The van der Waals surface area contributed by atoms with Gasteiger partial charge < -0.3 is 10.2 Å². The zero-order chi connectivity index (χ0) is 18.2. The van der Waals surface area contributed by atoms with Crippen molar-refractivity contribution in [3.8, 4) is 0 Å². The highest BCUT2D eigenvalue weighted by Gasteiger charge is 2.18. The molecule has 0 bridgehead atoms. The van der Waals surface area contributed by atoms with Crippen molar-refractivity contribution in [2.45, 2.75) is 36.5 Å². The lowest BCUT2D eigenvalue weighted by atomic mass is 10.0. The molecule has 0 saturated heterocycles. The molecule has 0 spiro atoms. The first-order chi connectivity index (χ1) is 12.0. The predicted molar refractivity (Wildman–Crippen MR) is 107 cm³/mol. The molecule has 2 aromatic rings. The summed E-state index contributed by atoms with van der Waals surface area (Å²) in [7, 11) is 4.10. The lowest BCUT2D eigenvalue weighted by Crippen LogP contribution is -2.38. The number of amides is 1. The summed E-state index contributed by atoms with van der Waals surface area (Å²) in [5, 5.41) is 2.99. The zero-order valence-electron chi connectivity index (χ0n) is 15.5. The third-order valence-electron chi connectivity index (χ3n) is 4.29. The largest absolute Gasteiger partial charge is 0.353 e. The average molecular weight is 357 g/mol. The highest BCUT2D eigenvalue weighted by atomic mass is 32.2. The molecule has 0 aliphatic carbocycles. The Morgan fingerprint density at radius 3 is 2.28 bits per heavy atom. The minimum Gasteiger partial charge on any atom is -0.353 e. The number of benzene rings is 2. The molecule has 134 valence electrons. The van der Waals surface area contributed by atoms with Gasteiger partial charge in [0.15, 0.2) is 0 Å². The molecular weight excluding hydrogens is 328 g/mol. The van der Waals surface area contributed by atoms with E-state index in [4.69, 9.17) is 0 Å². The monoisotopic (exact) mass is 356 g/mol. The Kier molecular flexibility index (Phi) is 7.53. The quantitative estimate of drug-likeness (QED) is 0.721.